The Morgan fingerprint density at radius 3 is 1.28 bits per heavy atom. The van der Waals surface area contributed by atoms with Crippen LogP contribution in [0.2, 0.25) is 0 Å². The number of benzene rings is 2. The van der Waals surface area contributed by atoms with Gasteiger partial charge in [0.1, 0.15) is 11.5 Å². The van der Waals surface area contributed by atoms with Gasteiger partial charge in [0.2, 0.25) is 0 Å². The first-order chi connectivity index (χ1) is 8.31. The molecule has 2 aromatic carbocycles. The van der Waals surface area contributed by atoms with Gasteiger partial charge in [0.15, 0.2) is 7.14 Å². The number of hydrogen-bond acceptors (Lipinski definition) is 2. The third-order valence-electron chi connectivity index (χ3n) is 2.32. The van der Waals surface area contributed by atoms with Crippen molar-refractivity contribution in [2.24, 2.45) is 0 Å². The molecule has 2 nitrogen and oxygen atoms in total. The highest BCUT2D eigenvalue weighted by atomic mass is 127. The second kappa shape index (κ2) is 7.20. The first-order valence-corrected chi connectivity index (χ1v) is 7.40. The van der Waals surface area contributed by atoms with Crippen molar-refractivity contribution in [2.45, 2.75) is 0 Å². The van der Waals surface area contributed by atoms with Gasteiger partial charge in [0, 0.05) is 0 Å². The molecule has 2 rings (SSSR count). The van der Waals surface area contributed by atoms with Crippen LogP contribution < -0.4 is 35.4 Å². The minimum Gasteiger partial charge on any atom is -1.00 e. The molecule has 96 valence electrons. The molecule has 0 N–H and O–H groups in total. The van der Waals surface area contributed by atoms with Crippen LogP contribution in [0, 0.1) is 7.14 Å². The molecule has 0 fully saturated rings. The number of hydrogen-bond donors (Lipinski definition) is 0. The zero-order chi connectivity index (χ0) is 12.1. The van der Waals surface area contributed by atoms with E-state index < -0.39 is 0 Å². The summed E-state index contributed by atoms with van der Waals surface area (Å²) < 4.78 is 13.1. The highest BCUT2D eigenvalue weighted by Crippen LogP contribution is 2.07. The summed E-state index contributed by atoms with van der Waals surface area (Å²) >= 11 is -0.119. The predicted molar refractivity (Wildman–Crippen MR) is 63.4 cm³/mol. The molecular formula is C14H14FIO2. The largest absolute Gasteiger partial charge is 1.00 e. The molecule has 4 heteroatoms. The lowest BCUT2D eigenvalue weighted by Crippen LogP contribution is -3.61. The summed E-state index contributed by atoms with van der Waals surface area (Å²) in [4.78, 5) is 0. The molecule has 0 unspecified atom stereocenters. The highest BCUT2D eigenvalue weighted by Gasteiger charge is 2.15. The fraction of sp³-hybridized carbons (Fsp3) is 0.143. The van der Waals surface area contributed by atoms with E-state index in [1.807, 2.05) is 24.3 Å². The molecule has 0 saturated heterocycles. The van der Waals surface area contributed by atoms with Gasteiger partial charge in [-0.25, -0.2) is 0 Å². The van der Waals surface area contributed by atoms with Gasteiger partial charge < -0.3 is 14.2 Å². The van der Waals surface area contributed by atoms with Crippen molar-refractivity contribution in [1.82, 2.24) is 0 Å². The molecule has 0 saturated carbocycles. The average molecular weight is 360 g/mol. The Kier molecular flexibility index (Phi) is 5.91. The highest BCUT2D eigenvalue weighted by molar-refractivity contribution is 5.22. The normalized spacial score (nSPS) is 9.44. The molecule has 0 heterocycles. The lowest BCUT2D eigenvalue weighted by Gasteiger charge is -1.97. The molecule has 0 bridgehead atoms. The van der Waals surface area contributed by atoms with E-state index in [2.05, 4.69) is 24.3 Å². The van der Waals surface area contributed by atoms with Crippen LogP contribution in [0.25, 0.3) is 0 Å². The van der Waals surface area contributed by atoms with Crippen LogP contribution in [-0.4, -0.2) is 14.2 Å². The van der Waals surface area contributed by atoms with E-state index in [0.29, 0.717) is 0 Å². The van der Waals surface area contributed by atoms with E-state index in [0.717, 1.165) is 11.5 Å². The van der Waals surface area contributed by atoms with Gasteiger partial charge in [0.05, 0.1) is 14.2 Å². The lowest BCUT2D eigenvalue weighted by molar-refractivity contribution is -0.597. The van der Waals surface area contributed by atoms with Gasteiger partial charge in [0.25, 0.3) is 0 Å². The maximum absolute atomic E-state index is 5.15. The van der Waals surface area contributed by atoms with Gasteiger partial charge in [-0.1, -0.05) is 0 Å². The van der Waals surface area contributed by atoms with E-state index >= 15 is 0 Å². The van der Waals surface area contributed by atoms with Crippen molar-refractivity contribution < 1.29 is 35.4 Å². The zero-order valence-corrected chi connectivity index (χ0v) is 12.3. The summed E-state index contributed by atoms with van der Waals surface area (Å²) in [6.45, 7) is 0. The first-order valence-electron chi connectivity index (χ1n) is 5.25. The van der Waals surface area contributed by atoms with E-state index in [1.165, 1.54) is 7.14 Å². The molecule has 0 radical (unpaired) electrons. The molecule has 0 aliphatic heterocycles. The van der Waals surface area contributed by atoms with Crippen LogP contribution in [0.3, 0.4) is 0 Å². The summed E-state index contributed by atoms with van der Waals surface area (Å²) in [5.74, 6) is 1.82. The van der Waals surface area contributed by atoms with Crippen LogP contribution in [0.15, 0.2) is 48.5 Å². The first kappa shape index (κ1) is 14.8. The van der Waals surface area contributed by atoms with Gasteiger partial charge in [-0.2, -0.15) is 0 Å². The minimum absolute atomic E-state index is 0. The van der Waals surface area contributed by atoms with E-state index in [4.69, 9.17) is 9.47 Å². The van der Waals surface area contributed by atoms with Crippen LogP contribution in [0.4, 0.5) is 0 Å². The summed E-state index contributed by atoms with van der Waals surface area (Å²) in [6.07, 6.45) is 0. The zero-order valence-electron chi connectivity index (χ0n) is 10.2. The molecule has 0 aliphatic carbocycles. The molecule has 0 atom stereocenters. The smallest absolute Gasteiger partial charge is 0.357 e. The number of ether oxygens (including phenoxy) is 2. The summed E-state index contributed by atoms with van der Waals surface area (Å²) in [6, 6.07) is 16.6. The van der Waals surface area contributed by atoms with Crippen molar-refractivity contribution in [3.8, 4) is 11.5 Å². The number of halogens is 2. The molecule has 2 aromatic rings. The van der Waals surface area contributed by atoms with Crippen LogP contribution in [0.1, 0.15) is 0 Å². The molecule has 0 aliphatic rings. The Hall–Kier alpha value is -1.30. The van der Waals surface area contributed by atoms with Crippen LogP contribution in [-0.2, 0) is 0 Å². The van der Waals surface area contributed by atoms with Gasteiger partial charge in [-0.15, -0.1) is 0 Å². The van der Waals surface area contributed by atoms with Gasteiger partial charge in [-0.3, -0.25) is 0 Å². The standard InChI is InChI=1S/C14H14IO2.FH/c1-16-13-7-3-11(4-8-13)15-12-5-9-14(17-2)10-6-12;/h3-10H,1-2H3;1H/q+1;/p-1. The maximum Gasteiger partial charge on any atom is 0.357 e. The lowest BCUT2D eigenvalue weighted by atomic mass is 10.3. The Morgan fingerprint density at radius 2 is 1.00 bits per heavy atom. The topological polar surface area (TPSA) is 18.5 Å². The van der Waals surface area contributed by atoms with Crippen molar-refractivity contribution in [3.05, 3.63) is 55.7 Å². The fourth-order valence-corrected chi connectivity index (χ4v) is 3.55. The van der Waals surface area contributed by atoms with Gasteiger partial charge >= 0.3 is 21.2 Å². The number of methoxy groups -OCH3 is 2. The number of rotatable bonds is 4. The maximum atomic E-state index is 5.15. The molecular weight excluding hydrogens is 346 g/mol. The van der Waals surface area contributed by atoms with Crippen LogP contribution >= 0.6 is 0 Å². The molecule has 0 spiro atoms. The fourth-order valence-electron chi connectivity index (χ4n) is 1.39. The quantitative estimate of drug-likeness (QED) is 0.536. The van der Waals surface area contributed by atoms with E-state index in [9.17, 15) is 0 Å². The third-order valence-corrected chi connectivity index (χ3v) is 5.00. The SMILES string of the molecule is COc1ccc([I+]c2ccc(OC)cc2)cc1.[F-]. The summed E-state index contributed by atoms with van der Waals surface area (Å²) in [7, 11) is 3.38. The molecule has 18 heavy (non-hydrogen) atoms. The Labute approximate surface area is 117 Å². The van der Waals surface area contributed by atoms with Crippen molar-refractivity contribution in [2.75, 3.05) is 14.2 Å². The third kappa shape index (κ3) is 3.87. The minimum atomic E-state index is -0.119. The molecule has 0 amide bonds. The van der Waals surface area contributed by atoms with E-state index in [-0.39, 0.29) is 25.9 Å². The Morgan fingerprint density at radius 1 is 0.667 bits per heavy atom. The summed E-state index contributed by atoms with van der Waals surface area (Å²) in [5, 5.41) is 0. The van der Waals surface area contributed by atoms with Crippen molar-refractivity contribution in [3.63, 3.8) is 0 Å². The molecule has 0 aromatic heterocycles. The van der Waals surface area contributed by atoms with E-state index in [1.54, 1.807) is 14.2 Å². The van der Waals surface area contributed by atoms with Crippen LogP contribution in [0.5, 0.6) is 11.5 Å². The van der Waals surface area contributed by atoms with Crippen molar-refractivity contribution in [1.29, 1.82) is 0 Å². The second-order valence-corrected chi connectivity index (χ2v) is 6.44. The Balaban J connectivity index is 0.00000162. The second-order valence-electron chi connectivity index (χ2n) is 3.41. The Bertz CT molecular complexity index is 423. The summed E-state index contributed by atoms with van der Waals surface area (Å²) in [5.41, 5.74) is 0. The van der Waals surface area contributed by atoms with Crippen molar-refractivity contribution >= 4 is 0 Å². The van der Waals surface area contributed by atoms with Gasteiger partial charge in [-0.05, 0) is 48.5 Å². The predicted octanol–water partition coefficient (Wildman–Crippen LogP) is -3.16. The average Bonchev–Trinajstić information content (AvgIpc) is 2.40. The monoisotopic (exact) mass is 360 g/mol.